The van der Waals surface area contributed by atoms with Crippen molar-refractivity contribution in [2.75, 3.05) is 13.1 Å². The summed E-state index contributed by atoms with van der Waals surface area (Å²) in [5.41, 5.74) is 2.78. The van der Waals surface area contributed by atoms with E-state index in [2.05, 4.69) is 5.32 Å². The molecule has 0 bridgehead atoms. The van der Waals surface area contributed by atoms with Gasteiger partial charge in [-0.1, -0.05) is 117 Å². The molecule has 4 aromatic rings. The molecule has 0 radical (unpaired) electrons. The number of carbonyl (C=O) groups is 3. The first-order valence-electron chi connectivity index (χ1n) is 14.8. The molecule has 7 heteroatoms. The molecule has 0 aliphatic carbocycles. The van der Waals surface area contributed by atoms with Gasteiger partial charge in [0.1, 0.15) is 6.04 Å². The monoisotopic (exact) mass is 580 g/mol. The lowest BCUT2D eigenvalue weighted by Gasteiger charge is -2.31. The third-order valence-corrected chi connectivity index (χ3v) is 7.73. The van der Waals surface area contributed by atoms with Gasteiger partial charge in [0.25, 0.3) is 0 Å². The maximum Gasteiger partial charge on any atom is 0.326 e. The number of nitrogens with one attached hydrogen (secondary N) is 1. The van der Waals surface area contributed by atoms with Gasteiger partial charge in [0.15, 0.2) is 0 Å². The van der Waals surface area contributed by atoms with Crippen LogP contribution in [0.15, 0.2) is 103 Å². The molecule has 0 aliphatic heterocycles. The van der Waals surface area contributed by atoms with E-state index in [9.17, 15) is 24.6 Å². The Labute approximate surface area is 253 Å². The molecule has 0 fully saturated rings. The number of urea groups is 1. The van der Waals surface area contributed by atoms with Gasteiger partial charge in [0, 0.05) is 19.0 Å². The number of carbonyl (C=O) groups excluding carboxylic acids is 1. The Morgan fingerprint density at radius 1 is 0.721 bits per heavy atom. The van der Waals surface area contributed by atoms with Crippen molar-refractivity contribution < 1.29 is 24.6 Å². The Bertz CT molecular complexity index is 1510. The fourth-order valence-corrected chi connectivity index (χ4v) is 5.52. The minimum absolute atomic E-state index is 0.0160. The van der Waals surface area contributed by atoms with Crippen molar-refractivity contribution in [3.63, 3.8) is 0 Å². The molecule has 2 amide bonds. The van der Waals surface area contributed by atoms with E-state index in [4.69, 9.17) is 0 Å². The third kappa shape index (κ3) is 8.92. The highest BCUT2D eigenvalue weighted by molar-refractivity contribution is 5.86. The van der Waals surface area contributed by atoms with Gasteiger partial charge in [-0.15, -0.1) is 0 Å². The molecule has 3 atom stereocenters. The molecule has 224 valence electrons. The second-order valence-electron chi connectivity index (χ2n) is 11.5. The van der Waals surface area contributed by atoms with E-state index in [1.807, 2.05) is 117 Å². The summed E-state index contributed by atoms with van der Waals surface area (Å²) >= 11 is 0. The number of carboxylic acids is 2. The largest absolute Gasteiger partial charge is 0.481 e. The van der Waals surface area contributed by atoms with E-state index in [-0.39, 0.29) is 12.5 Å². The highest BCUT2D eigenvalue weighted by Gasteiger charge is 2.34. The van der Waals surface area contributed by atoms with Crippen LogP contribution in [0.25, 0.3) is 10.8 Å². The Kier molecular flexibility index (Phi) is 10.9. The molecule has 0 heterocycles. The number of nitrogens with zero attached hydrogens (tertiary/aromatic N) is 1. The van der Waals surface area contributed by atoms with E-state index in [0.29, 0.717) is 25.8 Å². The van der Waals surface area contributed by atoms with Crippen LogP contribution in [0, 0.1) is 11.8 Å². The molecule has 43 heavy (non-hydrogen) atoms. The normalized spacial score (nSPS) is 13.3. The Morgan fingerprint density at radius 2 is 1.33 bits per heavy atom. The van der Waals surface area contributed by atoms with Crippen molar-refractivity contribution in [3.05, 3.63) is 120 Å². The van der Waals surface area contributed by atoms with Gasteiger partial charge in [-0.05, 0) is 52.6 Å². The minimum atomic E-state index is -1.24. The average molecular weight is 581 g/mol. The standard InChI is InChI=1S/C36H40N2O5/c1-25(2)23-38(24-31(34(39)40)18-17-26-11-5-3-6-12-26)36(43)37-33(35(41)42)32(21-27-13-7-4-8-14-27)30-20-19-28-15-9-10-16-29(28)22-30/h3-16,19-20,22,25,31-33H,17-18,21,23-24H2,1-2H3,(H,37,43)(H,39,40)(H,41,42)/t31-,32?,33-/m0/s1. The topological polar surface area (TPSA) is 107 Å². The molecule has 1 unspecified atom stereocenters. The van der Waals surface area contributed by atoms with Crippen molar-refractivity contribution in [2.24, 2.45) is 11.8 Å². The summed E-state index contributed by atoms with van der Waals surface area (Å²) in [7, 11) is 0. The van der Waals surface area contributed by atoms with Gasteiger partial charge in [-0.3, -0.25) is 4.79 Å². The van der Waals surface area contributed by atoms with E-state index in [1.54, 1.807) is 0 Å². The van der Waals surface area contributed by atoms with Crippen LogP contribution in [-0.2, 0) is 22.4 Å². The summed E-state index contributed by atoms with van der Waals surface area (Å²) in [4.78, 5) is 40.3. The lowest BCUT2D eigenvalue weighted by Crippen LogP contribution is -2.53. The summed E-state index contributed by atoms with van der Waals surface area (Å²) in [5.74, 6) is -3.44. The molecule has 0 spiro atoms. The number of amides is 2. The molecule has 3 N–H and O–H groups in total. The van der Waals surface area contributed by atoms with E-state index >= 15 is 0 Å². The maximum atomic E-state index is 13.8. The van der Waals surface area contributed by atoms with Crippen molar-refractivity contribution in [1.29, 1.82) is 0 Å². The fourth-order valence-electron chi connectivity index (χ4n) is 5.52. The lowest BCUT2D eigenvalue weighted by molar-refractivity contribution is -0.143. The van der Waals surface area contributed by atoms with Gasteiger partial charge in [-0.2, -0.15) is 0 Å². The van der Waals surface area contributed by atoms with Gasteiger partial charge in [0.2, 0.25) is 0 Å². The smallest absolute Gasteiger partial charge is 0.326 e. The zero-order valence-corrected chi connectivity index (χ0v) is 24.7. The molecular weight excluding hydrogens is 540 g/mol. The molecular formula is C36H40N2O5. The first kappa shape index (κ1) is 31.3. The van der Waals surface area contributed by atoms with Crippen molar-refractivity contribution in [2.45, 2.75) is 45.1 Å². The molecule has 7 nitrogen and oxygen atoms in total. The molecule has 4 rings (SSSR count). The number of rotatable bonds is 14. The zero-order valence-electron chi connectivity index (χ0n) is 24.7. The molecule has 4 aromatic carbocycles. The molecule has 0 aliphatic rings. The number of hydrogen-bond acceptors (Lipinski definition) is 3. The summed E-state index contributed by atoms with van der Waals surface area (Å²) in [5, 5.41) is 25.3. The molecule has 0 saturated carbocycles. The van der Waals surface area contributed by atoms with Crippen molar-refractivity contribution >= 4 is 28.7 Å². The highest BCUT2D eigenvalue weighted by Crippen LogP contribution is 2.29. The van der Waals surface area contributed by atoms with Crippen molar-refractivity contribution in [3.8, 4) is 0 Å². The number of benzene rings is 4. The van der Waals surface area contributed by atoms with Crippen LogP contribution in [0.4, 0.5) is 4.79 Å². The predicted octanol–water partition coefficient (Wildman–Crippen LogP) is 6.62. The van der Waals surface area contributed by atoms with Crippen LogP contribution in [0.2, 0.25) is 0 Å². The van der Waals surface area contributed by atoms with Gasteiger partial charge in [-0.25, -0.2) is 9.59 Å². The maximum absolute atomic E-state index is 13.8. The second-order valence-corrected chi connectivity index (χ2v) is 11.5. The minimum Gasteiger partial charge on any atom is -0.481 e. The first-order chi connectivity index (χ1) is 20.7. The first-order valence-corrected chi connectivity index (χ1v) is 14.8. The Balaban J connectivity index is 1.61. The average Bonchev–Trinajstić information content (AvgIpc) is 3.00. The molecule has 0 aromatic heterocycles. The second kappa shape index (κ2) is 15.0. The lowest BCUT2D eigenvalue weighted by atomic mass is 9.85. The number of carboxylic acid groups (broad SMARTS) is 2. The number of aliphatic carboxylic acids is 2. The van der Waals surface area contributed by atoms with Crippen LogP contribution in [0.1, 0.15) is 42.9 Å². The number of fused-ring (bicyclic) bond motifs is 1. The van der Waals surface area contributed by atoms with Crippen LogP contribution in [0.3, 0.4) is 0 Å². The summed E-state index contributed by atoms with van der Waals surface area (Å²) in [6.07, 6.45) is 1.32. The van der Waals surface area contributed by atoms with Crippen molar-refractivity contribution in [1.82, 2.24) is 10.2 Å². The fraction of sp³-hybridized carbons (Fsp3) is 0.306. The summed E-state index contributed by atoms with van der Waals surface area (Å²) in [6.45, 7) is 4.18. The van der Waals surface area contributed by atoms with Gasteiger partial charge >= 0.3 is 18.0 Å². The van der Waals surface area contributed by atoms with Crippen LogP contribution < -0.4 is 5.32 Å². The Hall–Kier alpha value is -4.65. The SMILES string of the molecule is CC(C)CN(C[C@H](CCc1ccccc1)C(=O)O)C(=O)N[C@H](C(=O)O)C(Cc1ccccc1)c1ccc2ccccc2c1. The van der Waals surface area contributed by atoms with E-state index in [0.717, 1.165) is 27.5 Å². The van der Waals surface area contributed by atoms with E-state index in [1.165, 1.54) is 4.90 Å². The van der Waals surface area contributed by atoms with Crippen LogP contribution >= 0.6 is 0 Å². The van der Waals surface area contributed by atoms with Crippen LogP contribution in [-0.4, -0.2) is 52.2 Å². The molecule has 0 saturated heterocycles. The Morgan fingerprint density at radius 3 is 1.93 bits per heavy atom. The number of hydrogen-bond donors (Lipinski definition) is 3. The predicted molar refractivity (Wildman–Crippen MR) is 169 cm³/mol. The quantitative estimate of drug-likeness (QED) is 0.155. The van der Waals surface area contributed by atoms with Gasteiger partial charge < -0.3 is 20.4 Å². The zero-order chi connectivity index (χ0) is 30.8. The highest BCUT2D eigenvalue weighted by atomic mass is 16.4. The van der Waals surface area contributed by atoms with Crippen LogP contribution in [0.5, 0.6) is 0 Å². The number of aryl methyl sites for hydroxylation is 1. The van der Waals surface area contributed by atoms with E-state index < -0.39 is 35.8 Å². The van der Waals surface area contributed by atoms with Gasteiger partial charge in [0.05, 0.1) is 5.92 Å². The third-order valence-electron chi connectivity index (χ3n) is 7.73. The summed E-state index contributed by atoms with van der Waals surface area (Å²) in [6, 6.07) is 31.2. The summed E-state index contributed by atoms with van der Waals surface area (Å²) < 4.78 is 0.